The Labute approximate surface area is 205 Å². The average Bonchev–Trinajstić information content (AvgIpc) is 2.80. The van der Waals surface area contributed by atoms with Crippen LogP contribution in [-0.4, -0.2) is 35.9 Å². The van der Waals surface area contributed by atoms with Gasteiger partial charge in [-0.25, -0.2) is 21.6 Å². The largest absolute Gasteiger partial charge is 0.495 e. The lowest BCUT2D eigenvalue weighted by atomic mass is 10.1. The standard InChI is InChI=1S/C24H27N3O6S2/c1-16(2)26-35(31,32)19-13-14-23(33-4)22(15-19)25-24(28)20-11-8-12-21(17(20)3)27-34(29,30)18-9-6-5-7-10-18/h5-16,26-27H,1-4H3,(H,25,28). The van der Waals surface area contributed by atoms with Crippen LogP contribution >= 0.6 is 0 Å². The monoisotopic (exact) mass is 517 g/mol. The number of rotatable bonds is 9. The number of hydrogen-bond donors (Lipinski definition) is 3. The molecule has 0 aliphatic heterocycles. The van der Waals surface area contributed by atoms with Crippen LogP contribution in [0.1, 0.15) is 29.8 Å². The molecule has 3 N–H and O–H groups in total. The fourth-order valence-corrected chi connectivity index (χ4v) is 5.74. The van der Waals surface area contributed by atoms with E-state index in [4.69, 9.17) is 4.74 Å². The van der Waals surface area contributed by atoms with Crippen molar-refractivity contribution in [3.8, 4) is 5.75 Å². The zero-order valence-electron chi connectivity index (χ0n) is 19.7. The molecule has 0 unspecified atom stereocenters. The second-order valence-electron chi connectivity index (χ2n) is 7.99. The van der Waals surface area contributed by atoms with Gasteiger partial charge in [-0.05, 0) is 68.8 Å². The van der Waals surface area contributed by atoms with Gasteiger partial charge in [0, 0.05) is 11.6 Å². The lowest BCUT2D eigenvalue weighted by molar-refractivity contribution is 0.102. The van der Waals surface area contributed by atoms with Crippen LogP contribution in [0.5, 0.6) is 5.75 Å². The molecule has 0 heterocycles. The third kappa shape index (κ3) is 6.18. The summed E-state index contributed by atoms with van der Waals surface area (Å²) in [5.41, 5.74) is 0.993. The van der Waals surface area contributed by atoms with Crippen LogP contribution in [0.25, 0.3) is 0 Å². The van der Waals surface area contributed by atoms with Crippen molar-refractivity contribution in [2.45, 2.75) is 36.6 Å². The predicted octanol–water partition coefficient (Wildman–Crippen LogP) is 3.74. The molecule has 0 aliphatic carbocycles. The van der Waals surface area contributed by atoms with Gasteiger partial charge < -0.3 is 10.1 Å². The van der Waals surface area contributed by atoms with Gasteiger partial charge in [0.25, 0.3) is 15.9 Å². The fourth-order valence-electron chi connectivity index (χ4n) is 3.32. The molecule has 0 aromatic heterocycles. The Balaban J connectivity index is 1.92. The Hall–Kier alpha value is -3.41. The first-order valence-electron chi connectivity index (χ1n) is 10.6. The Morgan fingerprint density at radius 1 is 0.829 bits per heavy atom. The Bertz CT molecular complexity index is 1440. The third-order valence-electron chi connectivity index (χ3n) is 5.00. The third-order valence-corrected chi connectivity index (χ3v) is 8.03. The summed E-state index contributed by atoms with van der Waals surface area (Å²) in [5.74, 6) is -0.298. The normalized spacial score (nSPS) is 11.8. The van der Waals surface area contributed by atoms with Gasteiger partial charge in [-0.15, -0.1) is 0 Å². The molecule has 0 saturated heterocycles. The quantitative estimate of drug-likeness (QED) is 0.396. The number of ether oxygens (including phenoxy) is 1. The first-order valence-corrected chi connectivity index (χ1v) is 13.6. The van der Waals surface area contributed by atoms with Crippen LogP contribution in [0.15, 0.2) is 76.5 Å². The minimum Gasteiger partial charge on any atom is -0.495 e. The summed E-state index contributed by atoms with van der Waals surface area (Å²) in [6.45, 7) is 5.01. The zero-order valence-corrected chi connectivity index (χ0v) is 21.3. The summed E-state index contributed by atoms with van der Waals surface area (Å²) < 4.78 is 60.9. The average molecular weight is 518 g/mol. The number of amides is 1. The molecule has 0 radical (unpaired) electrons. The Kier molecular flexibility index (Phi) is 7.83. The van der Waals surface area contributed by atoms with E-state index in [2.05, 4.69) is 14.8 Å². The molecule has 0 aliphatic rings. The number of anilines is 2. The van der Waals surface area contributed by atoms with Gasteiger partial charge in [-0.3, -0.25) is 9.52 Å². The van der Waals surface area contributed by atoms with Crippen LogP contribution in [0.2, 0.25) is 0 Å². The van der Waals surface area contributed by atoms with Crippen LogP contribution in [0, 0.1) is 6.92 Å². The van der Waals surface area contributed by atoms with E-state index in [9.17, 15) is 21.6 Å². The van der Waals surface area contributed by atoms with Crippen molar-refractivity contribution in [1.29, 1.82) is 0 Å². The van der Waals surface area contributed by atoms with E-state index in [0.717, 1.165) is 0 Å². The van der Waals surface area contributed by atoms with Crippen LogP contribution < -0.4 is 19.5 Å². The van der Waals surface area contributed by atoms with Crippen molar-refractivity contribution in [2.75, 3.05) is 17.1 Å². The van der Waals surface area contributed by atoms with E-state index in [1.165, 1.54) is 37.4 Å². The lowest BCUT2D eigenvalue weighted by Crippen LogP contribution is -2.30. The predicted molar refractivity (Wildman–Crippen MR) is 135 cm³/mol. The fraction of sp³-hybridized carbons (Fsp3) is 0.208. The highest BCUT2D eigenvalue weighted by atomic mass is 32.2. The number of carbonyl (C=O) groups excluding carboxylic acids is 1. The minimum atomic E-state index is -3.86. The first kappa shape index (κ1) is 26.2. The number of methoxy groups -OCH3 is 1. The van der Waals surface area contributed by atoms with E-state index in [1.54, 1.807) is 57.2 Å². The number of nitrogens with one attached hydrogen (secondary N) is 3. The molecule has 11 heteroatoms. The van der Waals surface area contributed by atoms with Gasteiger partial charge >= 0.3 is 0 Å². The van der Waals surface area contributed by atoms with Crippen molar-refractivity contribution in [2.24, 2.45) is 0 Å². The molecule has 35 heavy (non-hydrogen) atoms. The van der Waals surface area contributed by atoms with Gasteiger partial charge in [0.15, 0.2) is 0 Å². The van der Waals surface area contributed by atoms with E-state index in [0.29, 0.717) is 5.56 Å². The Morgan fingerprint density at radius 3 is 2.14 bits per heavy atom. The molecule has 3 aromatic carbocycles. The number of hydrogen-bond acceptors (Lipinski definition) is 6. The molecule has 9 nitrogen and oxygen atoms in total. The van der Waals surface area contributed by atoms with E-state index < -0.39 is 26.0 Å². The highest BCUT2D eigenvalue weighted by Gasteiger charge is 2.21. The summed E-state index contributed by atoms with van der Waals surface area (Å²) in [4.78, 5) is 13.2. The maximum absolute atomic E-state index is 13.1. The van der Waals surface area contributed by atoms with Crippen molar-refractivity contribution >= 4 is 37.3 Å². The first-order chi connectivity index (χ1) is 16.4. The molecule has 0 atom stereocenters. The molecule has 186 valence electrons. The molecule has 3 rings (SSSR count). The molecule has 0 fully saturated rings. The SMILES string of the molecule is COc1ccc(S(=O)(=O)NC(C)C)cc1NC(=O)c1cccc(NS(=O)(=O)c2ccccc2)c1C. The van der Waals surface area contributed by atoms with E-state index in [-0.39, 0.29) is 38.5 Å². The van der Waals surface area contributed by atoms with Crippen LogP contribution in [0.3, 0.4) is 0 Å². The maximum atomic E-state index is 13.1. The van der Waals surface area contributed by atoms with Crippen molar-refractivity contribution in [3.05, 3.63) is 77.9 Å². The van der Waals surface area contributed by atoms with Crippen molar-refractivity contribution in [1.82, 2.24) is 4.72 Å². The Morgan fingerprint density at radius 2 is 1.51 bits per heavy atom. The van der Waals surface area contributed by atoms with Gasteiger partial charge in [-0.1, -0.05) is 24.3 Å². The maximum Gasteiger partial charge on any atom is 0.261 e. The highest BCUT2D eigenvalue weighted by molar-refractivity contribution is 7.92. The topological polar surface area (TPSA) is 131 Å². The van der Waals surface area contributed by atoms with Gasteiger partial charge in [0.2, 0.25) is 10.0 Å². The minimum absolute atomic E-state index is 0.0385. The molecule has 0 bridgehead atoms. The molecule has 1 amide bonds. The molecule has 0 spiro atoms. The zero-order chi connectivity index (χ0) is 25.8. The number of benzene rings is 3. The molecular weight excluding hydrogens is 490 g/mol. The van der Waals surface area contributed by atoms with Gasteiger partial charge in [0.1, 0.15) is 5.75 Å². The van der Waals surface area contributed by atoms with Gasteiger partial charge in [-0.2, -0.15) is 0 Å². The summed E-state index contributed by atoms with van der Waals surface area (Å²) in [7, 11) is -6.26. The van der Waals surface area contributed by atoms with Crippen molar-refractivity contribution < 1.29 is 26.4 Å². The van der Waals surface area contributed by atoms with Gasteiger partial charge in [0.05, 0.1) is 28.3 Å². The number of carbonyl (C=O) groups is 1. The lowest BCUT2D eigenvalue weighted by Gasteiger charge is -2.16. The summed E-state index contributed by atoms with van der Waals surface area (Å²) in [6.07, 6.45) is 0. The molecule has 3 aromatic rings. The second kappa shape index (κ2) is 10.5. The van der Waals surface area contributed by atoms with Crippen molar-refractivity contribution in [3.63, 3.8) is 0 Å². The second-order valence-corrected chi connectivity index (χ2v) is 11.4. The van der Waals surface area contributed by atoms with E-state index >= 15 is 0 Å². The number of sulfonamides is 2. The molecular formula is C24H27N3O6S2. The summed E-state index contributed by atoms with van der Waals surface area (Å²) in [5, 5.41) is 2.67. The highest BCUT2D eigenvalue weighted by Crippen LogP contribution is 2.29. The van der Waals surface area contributed by atoms with E-state index in [1.807, 2.05) is 0 Å². The molecule has 0 saturated carbocycles. The summed E-state index contributed by atoms with van der Waals surface area (Å²) in [6, 6.07) is 16.3. The summed E-state index contributed by atoms with van der Waals surface area (Å²) >= 11 is 0. The smallest absolute Gasteiger partial charge is 0.261 e. The van der Waals surface area contributed by atoms with Crippen LogP contribution in [0.4, 0.5) is 11.4 Å². The van der Waals surface area contributed by atoms with Crippen LogP contribution in [-0.2, 0) is 20.0 Å².